The van der Waals surface area contributed by atoms with Crippen molar-refractivity contribution in [1.82, 2.24) is 14.8 Å². The fraction of sp³-hybridized carbons (Fsp3) is 0.391. The maximum absolute atomic E-state index is 14.1. The van der Waals surface area contributed by atoms with E-state index >= 15 is 0 Å². The lowest BCUT2D eigenvalue weighted by Crippen LogP contribution is -2.24. The molecule has 0 spiro atoms. The van der Waals surface area contributed by atoms with Gasteiger partial charge in [-0.3, -0.25) is 4.68 Å². The Morgan fingerprint density at radius 2 is 1.94 bits per heavy atom. The summed E-state index contributed by atoms with van der Waals surface area (Å²) in [4.78, 5) is 15.7. The number of H-pyrrole nitrogens is 1. The number of hydrogen-bond donors (Lipinski definition) is 2. The van der Waals surface area contributed by atoms with Crippen LogP contribution in [-0.2, 0) is 17.5 Å². The number of esters is 1. The average Bonchev–Trinajstić information content (AvgIpc) is 3.36. The molecule has 0 aliphatic heterocycles. The summed E-state index contributed by atoms with van der Waals surface area (Å²) in [6.07, 6.45) is -2.30. The highest BCUT2D eigenvalue weighted by Gasteiger charge is 2.40. The number of nitrogens with zero attached hydrogens (tertiary/aromatic N) is 2. The Kier molecular flexibility index (Phi) is 7.32. The SMILES string of the molecule is CCOC(=O)c1c(-c2cccc(OC)c2Cl)c[nH]c1-c1cnn(CCC(C)(C)O)c1C(F)(F)F. The van der Waals surface area contributed by atoms with E-state index in [-0.39, 0.29) is 47.0 Å². The summed E-state index contributed by atoms with van der Waals surface area (Å²) in [6, 6.07) is 4.90. The van der Waals surface area contributed by atoms with Crippen LogP contribution in [0.5, 0.6) is 5.75 Å². The third-order valence-electron chi connectivity index (χ3n) is 5.15. The number of aromatic nitrogens is 3. The first-order valence-corrected chi connectivity index (χ1v) is 10.8. The van der Waals surface area contributed by atoms with Crippen LogP contribution in [0.3, 0.4) is 0 Å². The molecule has 2 heterocycles. The van der Waals surface area contributed by atoms with E-state index in [1.54, 1.807) is 25.1 Å². The Bertz CT molecular complexity index is 1180. The number of methoxy groups -OCH3 is 1. The van der Waals surface area contributed by atoms with Crippen molar-refractivity contribution in [2.24, 2.45) is 0 Å². The molecule has 0 fully saturated rings. The molecule has 0 saturated carbocycles. The molecule has 1 aromatic carbocycles. The Morgan fingerprint density at radius 3 is 2.53 bits per heavy atom. The number of aliphatic hydroxyl groups is 1. The molecule has 3 aromatic rings. The second kappa shape index (κ2) is 9.71. The highest BCUT2D eigenvalue weighted by atomic mass is 35.5. The molecule has 0 bridgehead atoms. The van der Waals surface area contributed by atoms with E-state index < -0.39 is 23.4 Å². The van der Waals surface area contributed by atoms with Gasteiger partial charge in [0.1, 0.15) is 5.75 Å². The van der Waals surface area contributed by atoms with Crippen LogP contribution in [0.15, 0.2) is 30.6 Å². The second-order valence-corrected chi connectivity index (χ2v) is 8.56. The molecule has 184 valence electrons. The zero-order valence-electron chi connectivity index (χ0n) is 19.1. The van der Waals surface area contributed by atoms with Crippen molar-refractivity contribution < 1.29 is 32.5 Å². The highest BCUT2D eigenvalue weighted by molar-refractivity contribution is 6.35. The van der Waals surface area contributed by atoms with E-state index in [0.717, 1.165) is 10.9 Å². The molecular formula is C23H25ClF3N3O4. The number of ether oxygens (including phenoxy) is 2. The van der Waals surface area contributed by atoms with Gasteiger partial charge in [-0.1, -0.05) is 23.7 Å². The van der Waals surface area contributed by atoms with E-state index in [2.05, 4.69) is 10.1 Å². The van der Waals surface area contributed by atoms with Gasteiger partial charge in [0.25, 0.3) is 0 Å². The molecule has 3 rings (SSSR count). The standard InChI is InChI=1S/C23H25ClF3N3O4/c1-5-34-21(31)17-14(13-7-6-8-16(33-4)18(13)24)11-28-19(17)15-12-29-30(10-9-22(2,3)32)20(15)23(25,26)27/h6-8,11-12,28,32H,5,9-10H2,1-4H3. The zero-order valence-corrected chi connectivity index (χ0v) is 19.8. The van der Waals surface area contributed by atoms with Crippen LogP contribution in [0.4, 0.5) is 13.2 Å². The molecule has 34 heavy (non-hydrogen) atoms. The number of carbonyl (C=O) groups is 1. The number of aromatic amines is 1. The van der Waals surface area contributed by atoms with E-state index in [4.69, 9.17) is 21.1 Å². The van der Waals surface area contributed by atoms with E-state index in [1.807, 2.05) is 0 Å². The second-order valence-electron chi connectivity index (χ2n) is 8.18. The Hall–Kier alpha value is -2.98. The molecule has 0 unspecified atom stereocenters. The maximum Gasteiger partial charge on any atom is 0.433 e. The Labute approximate surface area is 199 Å². The number of halogens is 4. The molecule has 2 aromatic heterocycles. The molecule has 0 amide bonds. The lowest BCUT2D eigenvalue weighted by molar-refractivity contribution is -0.144. The summed E-state index contributed by atoms with van der Waals surface area (Å²) in [7, 11) is 1.43. The minimum atomic E-state index is -4.78. The van der Waals surface area contributed by atoms with E-state index in [9.17, 15) is 23.1 Å². The highest BCUT2D eigenvalue weighted by Crippen LogP contribution is 2.43. The number of nitrogens with one attached hydrogen (secondary N) is 1. The van der Waals surface area contributed by atoms with Crippen molar-refractivity contribution in [3.63, 3.8) is 0 Å². The smallest absolute Gasteiger partial charge is 0.433 e. The van der Waals surface area contributed by atoms with Crippen LogP contribution in [0, 0.1) is 0 Å². The number of aryl methyl sites for hydroxylation is 1. The fourth-order valence-electron chi connectivity index (χ4n) is 3.56. The summed E-state index contributed by atoms with van der Waals surface area (Å²) in [5.74, 6) is -0.475. The summed E-state index contributed by atoms with van der Waals surface area (Å²) in [6.45, 7) is 4.43. The number of rotatable bonds is 8. The monoisotopic (exact) mass is 499 g/mol. The van der Waals surface area contributed by atoms with Gasteiger partial charge in [0, 0.05) is 29.4 Å². The number of carbonyl (C=O) groups excluding carboxylic acids is 1. The Morgan fingerprint density at radius 1 is 1.24 bits per heavy atom. The van der Waals surface area contributed by atoms with Crippen molar-refractivity contribution in [1.29, 1.82) is 0 Å². The van der Waals surface area contributed by atoms with Crippen molar-refractivity contribution in [2.75, 3.05) is 13.7 Å². The molecule has 0 aliphatic rings. The van der Waals surface area contributed by atoms with Gasteiger partial charge < -0.3 is 19.6 Å². The molecule has 7 nitrogen and oxygen atoms in total. The first-order valence-electron chi connectivity index (χ1n) is 10.5. The predicted octanol–water partition coefficient (Wildman–Crippen LogP) is 5.56. The van der Waals surface area contributed by atoms with Gasteiger partial charge in [-0.2, -0.15) is 18.3 Å². The summed E-state index contributed by atoms with van der Waals surface area (Å²) in [5.41, 5.74) is -2.12. The molecule has 0 aliphatic carbocycles. The van der Waals surface area contributed by atoms with Gasteiger partial charge in [0.05, 0.1) is 41.8 Å². The minimum absolute atomic E-state index is 0.0196. The molecule has 0 atom stereocenters. The predicted molar refractivity (Wildman–Crippen MR) is 121 cm³/mol. The quantitative estimate of drug-likeness (QED) is 0.396. The number of alkyl halides is 3. The zero-order chi connectivity index (χ0) is 25.3. The van der Waals surface area contributed by atoms with Crippen LogP contribution >= 0.6 is 11.6 Å². The van der Waals surface area contributed by atoms with E-state index in [0.29, 0.717) is 11.3 Å². The number of benzene rings is 1. The first kappa shape index (κ1) is 25.6. The summed E-state index contributed by atoms with van der Waals surface area (Å²) in [5, 5.41) is 14.1. The van der Waals surface area contributed by atoms with Gasteiger partial charge in [0.2, 0.25) is 0 Å². The van der Waals surface area contributed by atoms with Gasteiger partial charge in [0.15, 0.2) is 5.69 Å². The molecular weight excluding hydrogens is 475 g/mol. The van der Waals surface area contributed by atoms with Gasteiger partial charge in [-0.15, -0.1) is 0 Å². The summed E-state index contributed by atoms with van der Waals surface area (Å²) < 4.78 is 53.6. The lowest BCUT2D eigenvalue weighted by Gasteiger charge is -2.19. The van der Waals surface area contributed by atoms with Crippen molar-refractivity contribution in [2.45, 2.75) is 45.5 Å². The maximum atomic E-state index is 14.1. The lowest BCUT2D eigenvalue weighted by atomic mass is 9.99. The van der Waals surface area contributed by atoms with Crippen LogP contribution < -0.4 is 4.74 Å². The molecule has 2 N–H and O–H groups in total. The molecule has 0 saturated heterocycles. The third-order valence-corrected chi connectivity index (χ3v) is 5.54. The van der Waals surface area contributed by atoms with Crippen molar-refractivity contribution in [3.8, 4) is 28.1 Å². The van der Waals surface area contributed by atoms with Crippen LogP contribution in [0.2, 0.25) is 5.02 Å². The van der Waals surface area contributed by atoms with Gasteiger partial charge in [-0.05, 0) is 33.3 Å². The molecule has 11 heteroatoms. The Balaban J connectivity index is 2.23. The number of hydrogen-bond acceptors (Lipinski definition) is 5. The average molecular weight is 500 g/mol. The van der Waals surface area contributed by atoms with Gasteiger partial charge in [-0.25, -0.2) is 4.79 Å². The normalized spacial score (nSPS) is 12.1. The van der Waals surface area contributed by atoms with Crippen LogP contribution in [0.25, 0.3) is 22.4 Å². The van der Waals surface area contributed by atoms with Gasteiger partial charge >= 0.3 is 12.1 Å². The van der Waals surface area contributed by atoms with Crippen molar-refractivity contribution in [3.05, 3.63) is 46.9 Å². The first-order chi connectivity index (χ1) is 15.9. The third kappa shape index (κ3) is 5.23. The van der Waals surface area contributed by atoms with Crippen LogP contribution in [0.1, 0.15) is 43.2 Å². The summed E-state index contributed by atoms with van der Waals surface area (Å²) >= 11 is 6.43. The minimum Gasteiger partial charge on any atom is -0.495 e. The molecule has 0 radical (unpaired) electrons. The van der Waals surface area contributed by atoms with E-state index in [1.165, 1.54) is 27.2 Å². The fourth-order valence-corrected chi connectivity index (χ4v) is 3.86. The largest absolute Gasteiger partial charge is 0.495 e. The van der Waals surface area contributed by atoms with Crippen molar-refractivity contribution >= 4 is 17.6 Å². The topological polar surface area (TPSA) is 89.4 Å². The van der Waals surface area contributed by atoms with Crippen LogP contribution in [-0.4, -0.2) is 45.2 Å².